The summed E-state index contributed by atoms with van der Waals surface area (Å²) in [6, 6.07) is 6.05. The van der Waals surface area contributed by atoms with E-state index in [-0.39, 0.29) is 0 Å². The molecular weight excluding hydrogens is 272 g/mol. The van der Waals surface area contributed by atoms with Crippen LogP contribution in [0.1, 0.15) is 31.2 Å². The van der Waals surface area contributed by atoms with Crippen molar-refractivity contribution in [2.24, 2.45) is 5.92 Å². The van der Waals surface area contributed by atoms with Gasteiger partial charge in [-0.1, -0.05) is 11.6 Å². The van der Waals surface area contributed by atoms with Crippen LogP contribution >= 0.6 is 11.6 Å². The van der Waals surface area contributed by atoms with Crippen LogP contribution in [0.15, 0.2) is 18.2 Å². The van der Waals surface area contributed by atoms with Crippen molar-refractivity contribution in [3.05, 3.63) is 28.8 Å². The van der Waals surface area contributed by atoms with Crippen LogP contribution in [0, 0.1) is 5.92 Å². The lowest BCUT2D eigenvalue weighted by atomic mass is 9.88. The van der Waals surface area contributed by atoms with Crippen LogP contribution < -0.4 is 5.32 Å². The molecule has 1 aromatic carbocycles. The van der Waals surface area contributed by atoms with E-state index in [4.69, 9.17) is 11.6 Å². The first-order valence-corrected chi connectivity index (χ1v) is 8.03. The molecule has 110 valence electrons. The van der Waals surface area contributed by atoms with Crippen LogP contribution in [0.25, 0.3) is 0 Å². The van der Waals surface area contributed by atoms with Gasteiger partial charge in [-0.15, -0.1) is 0 Å². The van der Waals surface area contributed by atoms with Crippen molar-refractivity contribution < 1.29 is 5.11 Å². The molecule has 2 saturated heterocycles. The molecule has 2 aliphatic rings. The van der Waals surface area contributed by atoms with Crippen LogP contribution in [0.3, 0.4) is 0 Å². The molecular formula is C16H23ClN2O. The van der Waals surface area contributed by atoms with Crippen molar-refractivity contribution in [2.45, 2.75) is 38.3 Å². The van der Waals surface area contributed by atoms with Gasteiger partial charge in [-0.25, -0.2) is 0 Å². The normalized spacial score (nSPS) is 25.1. The van der Waals surface area contributed by atoms with Crippen LogP contribution in [-0.2, 0) is 6.54 Å². The molecule has 2 aliphatic heterocycles. The van der Waals surface area contributed by atoms with Gasteiger partial charge in [-0.3, -0.25) is 4.90 Å². The highest BCUT2D eigenvalue weighted by atomic mass is 35.5. The Morgan fingerprint density at radius 2 is 2.05 bits per heavy atom. The van der Waals surface area contributed by atoms with Crippen molar-refractivity contribution in [3.8, 4) is 5.75 Å². The fourth-order valence-electron chi connectivity index (χ4n) is 3.55. The monoisotopic (exact) mass is 294 g/mol. The molecule has 0 spiro atoms. The molecule has 1 aromatic rings. The Hall–Kier alpha value is -0.770. The van der Waals surface area contributed by atoms with Gasteiger partial charge in [0.05, 0.1) is 0 Å². The molecule has 0 radical (unpaired) electrons. The molecule has 1 unspecified atom stereocenters. The summed E-state index contributed by atoms with van der Waals surface area (Å²) < 4.78 is 0. The number of hydrogen-bond acceptors (Lipinski definition) is 3. The van der Waals surface area contributed by atoms with Crippen LogP contribution in [0.5, 0.6) is 5.75 Å². The number of rotatable bonds is 3. The smallest absolute Gasteiger partial charge is 0.120 e. The van der Waals surface area contributed by atoms with Gasteiger partial charge in [-0.2, -0.15) is 0 Å². The standard InChI is InChI=1S/C16H23ClN2O/c17-14-3-4-16(20)13(10-14)11-19-8-5-12(6-9-19)15-2-1-7-18-15/h3-4,10,12,15,18,20H,1-2,5-9,11H2. The summed E-state index contributed by atoms with van der Waals surface area (Å²) in [6.45, 7) is 4.24. The molecule has 0 aromatic heterocycles. The Balaban J connectivity index is 1.54. The number of likely N-dealkylation sites (tertiary alicyclic amines) is 1. The Morgan fingerprint density at radius 1 is 1.25 bits per heavy atom. The third-order valence-electron chi connectivity index (χ3n) is 4.74. The first-order chi connectivity index (χ1) is 9.72. The minimum Gasteiger partial charge on any atom is -0.508 e. The van der Waals surface area contributed by atoms with Gasteiger partial charge in [0, 0.05) is 23.2 Å². The molecule has 2 fully saturated rings. The van der Waals surface area contributed by atoms with Crippen LogP contribution in [0.4, 0.5) is 0 Å². The predicted molar refractivity (Wildman–Crippen MR) is 82.1 cm³/mol. The highest BCUT2D eigenvalue weighted by Crippen LogP contribution is 2.28. The van der Waals surface area contributed by atoms with Gasteiger partial charge < -0.3 is 10.4 Å². The van der Waals surface area contributed by atoms with Gasteiger partial charge in [0.2, 0.25) is 0 Å². The SMILES string of the molecule is Oc1ccc(Cl)cc1CN1CCC(C2CCCN2)CC1. The van der Waals surface area contributed by atoms with Crippen molar-refractivity contribution >= 4 is 11.6 Å². The summed E-state index contributed by atoms with van der Waals surface area (Å²) >= 11 is 6.01. The minimum absolute atomic E-state index is 0.356. The third kappa shape index (κ3) is 3.27. The second-order valence-corrected chi connectivity index (χ2v) is 6.53. The first kappa shape index (κ1) is 14.2. The summed E-state index contributed by atoms with van der Waals surface area (Å²) in [5.41, 5.74) is 0.940. The molecule has 4 heteroatoms. The van der Waals surface area contributed by atoms with E-state index >= 15 is 0 Å². The second-order valence-electron chi connectivity index (χ2n) is 6.09. The van der Waals surface area contributed by atoms with Crippen molar-refractivity contribution in [2.75, 3.05) is 19.6 Å². The summed E-state index contributed by atoms with van der Waals surface area (Å²) in [4.78, 5) is 2.43. The predicted octanol–water partition coefficient (Wildman–Crippen LogP) is 3.01. The van der Waals surface area contributed by atoms with Gasteiger partial charge in [0.1, 0.15) is 5.75 Å². The fraction of sp³-hybridized carbons (Fsp3) is 0.625. The third-order valence-corrected chi connectivity index (χ3v) is 4.97. The van der Waals surface area contributed by atoms with E-state index in [0.29, 0.717) is 10.8 Å². The lowest BCUT2D eigenvalue weighted by Crippen LogP contribution is -2.40. The molecule has 2 heterocycles. The maximum Gasteiger partial charge on any atom is 0.120 e. The van der Waals surface area contributed by atoms with Gasteiger partial charge in [-0.05, 0) is 69.4 Å². The zero-order valence-electron chi connectivity index (χ0n) is 11.8. The zero-order chi connectivity index (χ0) is 13.9. The Kier molecular flexibility index (Phi) is 4.49. The quantitative estimate of drug-likeness (QED) is 0.899. The molecule has 1 atom stereocenters. The molecule has 3 rings (SSSR count). The van der Waals surface area contributed by atoms with Crippen LogP contribution in [-0.4, -0.2) is 35.7 Å². The van der Waals surface area contributed by atoms with Gasteiger partial charge in [0.25, 0.3) is 0 Å². The number of nitrogens with one attached hydrogen (secondary N) is 1. The fourth-order valence-corrected chi connectivity index (χ4v) is 3.74. The number of nitrogens with zero attached hydrogens (tertiary/aromatic N) is 1. The Bertz CT molecular complexity index is 452. The van der Waals surface area contributed by atoms with E-state index in [0.717, 1.165) is 37.2 Å². The first-order valence-electron chi connectivity index (χ1n) is 7.65. The summed E-state index contributed by atoms with van der Waals surface area (Å²) in [5.74, 6) is 1.19. The second kappa shape index (κ2) is 6.33. The van der Waals surface area contributed by atoms with Crippen molar-refractivity contribution in [1.29, 1.82) is 0 Å². The number of phenolic OH excluding ortho intramolecular Hbond substituents is 1. The average Bonchev–Trinajstić information content (AvgIpc) is 2.98. The van der Waals surface area contributed by atoms with Crippen molar-refractivity contribution in [3.63, 3.8) is 0 Å². The molecule has 0 bridgehead atoms. The molecule has 3 nitrogen and oxygen atoms in total. The largest absolute Gasteiger partial charge is 0.508 e. The molecule has 20 heavy (non-hydrogen) atoms. The summed E-state index contributed by atoms with van der Waals surface area (Å²) in [5, 5.41) is 14.2. The van der Waals surface area contributed by atoms with E-state index in [1.165, 1.54) is 32.2 Å². The average molecular weight is 295 g/mol. The topological polar surface area (TPSA) is 35.5 Å². The van der Waals surface area contributed by atoms with E-state index < -0.39 is 0 Å². The highest BCUT2D eigenvalue weighted by molar-refractivity contribution is 6.30. The van der Waals surface area contributed by atoms with Crippen molar-refractivity contribution in [1.82, 2.24) is 10.2 Å². The number of benzene rings is 1. The summed E-state index contributed by atoms with van der Waals surface area (Å²) in [7, 11) is 0. The molecule has 0 amide bonds. The number of piperidine rings is 1. The Morgan fingerprint density at radius 3 is 2.75 bits per heavy atom. The van der Waals surface area contributed by atoms with E-state index in [9.17, 15) is 5.11 Å². The highest BCUT2D eigenvalue weighted by Gasteiger charge is 2.28. The van der Waals surface area contributed by atoms with E-state index in [2.05, 4.69) is 10.2 Å². The molecule has 0 saturated carbocycles. The lowest BCUT2D eigenvalue weighted by molar-refractivity contribution is 0.156. The molecule has 0 aliphatic carbocycles. The Labute approximate surface area is 125 Å². The molecule has 2 N–H and O–H groups in total. The van der Waals surface area contributed by atoms with E-state index in [1.54, 1.807) is 12.1 Å². The zero-order valence-corrected chi connectivity index (χ0v) is 12.6. The number of hydrogen-bond donors (Lipinski definition) is 2. The van der Waals surface area contributed by atoms with Gasteiger partial charge >= 0.3 is 0 Å². The van der Waals surface area contributed by atoms with E-state index in [1.807, 2.05) is 6.07 Å². The number of aromatic hydroxyl groups is 1. The summed E-state index contributed by atoms with van der Waals surface area (Å²) in [6.07, 6.45) is 5.21. The number of halogens is 1. The lowest BCUT2D eigenvalue weighted by Gasteiger charge is -2.35. The van der Waals surface area contributed by atoms with Crippen LogP contribution in [0.2, 0.25) is 5.02 Å². The van der Waals surface area contributed by atoms with Gasteiger partial charge in [0.15, 0.2) is 0 Å². The maximum atomic E-state index is 9.89. The maximum absolute atomic E-state index is 9.89. The number of phenols is 1. The minimum atomic E-state index is 0.356.